The normalized spacial score (nSPS) is 13.2. The fraction of sp³-hybridized carbons (Fsp3) is 0.409. The molecule has 0 unspecified atom stereocenters. The standard InChI is InChI=1S/C22H30N2O5S/c1-6-21(24(30(5,26)27)18-9-7-8-16(2)14-18)22(25)23-17(3)15-29-20-12-10-19(28-4)11-13-20/h7-14,17,21H,6,15H2,1-5H3,(H,23,25)/t17-,21-/m1/s1. The van der Waals surface area contributed by atoms with Gasteiger partial charge in [0.1, 0.15) is 24.1 Å². The molecule has 164 valence electrons. The molecule has 0 fully saturated rings. The molecule has 0 aliphatic rings. The van der Waals surface area contributed by atoms with Crippen molar-refractivity contribution in [3.8, 4) is 11.5 Å². The first-order valence-electron chi connectivity index (χ1n) is 9.79. The number of methoxy groups -OCH3 is 1. The van der Waals surface area contributed by atoms with E-state index in [9.17, 15) is 13.2 Å². The van der Waals surface area contributed by atoms with Gasteiger partial charge in [0.15, 0.2) is 0 Å². The SMILES string of the molecule is CC[C@H](C(=O)N[C@H](C)COc1ccc(OC)cc1)N(c1cccc(C)c1)S(C)(=O)=O. The van der Waals surface area contributed by atoms with Crippen molar-refractivity contribution >= 4 is 21.6 Å². The summed E-state index contributed by atoms with van der Waals surface area (Å²) in [4.78, 5) is 12.9. The van der Waals surface area contributed by atoms with Gasteiger partial charge >= 0.3 is 0 Å². The monoisotopic (exact) mass is 434 g/mol. The minimum absolute atomic E-state index is 0.248. The molecule has 0 aromatic heterocycles. The van der Waals surface area contributed by atoms with E-state index in [0.29, 0.717) is 17.9 Å². The Morgan fingerprint density at radius 2 is 1.77 bits per heavy atom. The zero-order chi connectivity index (χ0) is 22.3. The number of anilines is 1. The van der Waals surface area contributed by atoms with Gasteiger partial charge < -0.3 is 14.8 Å². The molecule has 2 atom stereocenters. The third-order valence-electron chi connectivity index (χ3n) is 4.53. The first-order chi connectivity index (χ1) is 14.2. The molecule has 2 aromatic rings. The van der Waals surface area contributed by atoms with Crippen molar-refractivity contribution in [2.45, 2.75) is 39.3 Å². The highest BCUT2D eigenvalue weighted by Crippen LogP contribution is 2.23. The number of aryl methyl sites for hydroxylation is 1. The van der Waals surface area contributed by atoms with Crippen molar-refractivity contribution in [2.24, 2.45) is 0 Å². The van der Waals surface area contributed by atoms with E-state index in [2.05, 4.69) is 5.32 Å². The predicted molar refractivity (Wildman–Crippen MR) is 119 cm³/mol. The number of hydrogen-bond donors (Lipinski definition) is 1. The Morgan fingerprint density at radius 1 is 1.13 bits per heavy atom. The maximum atomic E-state index is 12.9. The number of ether oxygens (including phenoxy) is 2. The summed E-state index contributed by atoms with van der Waals surface area (Å²) in [5.74, 6) is 1.02. The number of hydrogen-bond acceptors (Lipinski definition) is 5. The topological polar surface area (TPSA) is 84.9 Å². The van der Waals surface area contributed by atoms with Gasteiger partial charge in [0.05, 0.1) is 25.1 Å². The van der Waals surface area contributed by atoms with E-state index in [-0.39, 0.29) is 18.6 Å². The lowest BCUT2D eigenvalue weighted by molar-refractivity contribution is -0.123. The zero-order valence-electron chi connectivity index (χ0n) is 18.1. The zero-order valence-corrected chi connectivity index (χ0v) is 18.9. The summed E-state index contributed by atoms with van der Waals surface area (Å²) in [5, 5.41) is 2.87. The molecule has 2 aromatic carbocycles. The molecule has 0 bridgehead atoms. The molecular weight excluding hydrogens is 404 g/mol. The molecule has 0 aliphatic heterocycles. The van der Waals surface area contributed by atoms with Crippen LogP contribution in [-0.4, -0.2) is 46.4 Å². The Hall–Kier alpha value is -2.74. The Kier molecular flexibility index (Phi) is 8.11. The molecule has 0 aliphatic carbocycles. The Bertz CT molecular complexity index is 944. The molecule has 8 heteroatoms. The minimum atomic E-state index is -3.66. The summed E-state index contributed by atoms with van der Waals surface area (Å²) in [5.41, 5.74) is 1.39. The van der Waals surface area contributed by atoms with Gasteiger partial charge in [-0.15, -0.1) is 0 Å². The van der Waals surface area contributed by atoms with Gasteiger partial charge in [0.2, 0.25) is 15.9 Å². The summed E-state index contributed by atoms with van der Waals surface area (Å²) < 4.78 is 37.0. The van der Waals surface area contributed by atoms with E-state index in [1.54, 1.807) is 56.5 Å². The van der Waals surface area contributed by atoms with E-state index < -0.39 is 16.1 Å². The van der Waals surface area contributed by atoms with Crippen LogP contribution in [0.3, 0.4) is 0 Å². The molecule has 1 N–H and O–H groups in total. The first kappa shape index (κ1) is 23.5. The van der Waals surface area contributed by atoms with Gasteiger partial charge in [-0.25, -0.2) is 8.42 Å². The van der Waals surface area contributed by atoms with Crippen LogP contribution < -0.4 is 19.1 Å². The molecule has 0 saturated heterocycles. The molecule has 30 heavy (non-hydrogen) atoms. The smallest absolute Gasteiger partial charge is 0.244 e. The summed E-state index contributed by atoms with van der Waals surface area (Å²) >= 11 is 0. The highest BCUT2D eigenvalue weighted by atomic mass is 32.2. The third-order valence-corrected chi connectivity index (χ3v) is 5.71. The molecule has 0 spiro atoms. The maximum Gasteiger partial charge on any atom is 0.244 e. The molecule has 0 radical (unpaired) electrons. The largest absolute Gasteiger partial charge is 0.497 e. The lowest BCUT2D eigenvalue weighted by atomic mass is 10.1. The van der Waals surface area contributed by atoms with Crippen LogP contribution in [0.2, 0.25) is 0 Å². The molecule has 2 rings (SSSR count). The van der Waals surface area contributed by atoms with Crippen LogP contribution in [0.15, 0.2) is 48.5 Å². The van der Waals surface area contributed by atoms with Crippen molar-refractivity contribution in [1.82, 2.24) is 5.32 Å². The number of rotatable bonds is 10. The van der Waals surface area contributed by atoms with Gasteiger partial charge in [0.25, 0.3) is 0 Å². The van der Waals surface area contributed by atoms with Gasteiger partial charge in [-0.2, -0.15) is 0 Å². The summed E-state index contributed by atoms with van der Waals surface area (Å²) in [6.45, 7) is 5.73. The maximum absolute atomic E-state index is 12.9. The molecule has 7 nitrogen and oxygen atoms in total. The van der Waals surface area contributed by atoms with Gasteiger partial charge in [0, 0.05) is 0 Å². The number of nitrogens with one attached hydrogen (secondary N) is 1. The third kappa shape index (κ3) is 6.38. The van der Waals surface area contributed by atoms with Crippen molar-refractivity contribution < 1.29 is 22.7 Å². The fourth-order valence-electron chi connectivity index (χ4n) is 3.10. The van der Waals surface area contributed by atoms with Crippen molar-refractivity contribution in [2.75, 3.05) is 24.3 Å². The molecular formula is C22H30N2O5S. The fourth-order valence-corrected chi connectivity index (χ4v) is 4.30. The summed E-state index contributed by atoms with van der Waals surface area (Å²) in [6, 6.07) is 13.1. The van der Waals surface area contributed by atoms with E-state index in [1.165, 1.54) is 4.31 Å². The van der Waals surface area contributed by atoms with Gasteiger partial charge in [-0.05, 0) is 62.2 Å². The van der Waals surface area contributed by atoms with Crippen LogP contribution >= 0.6 is 0 Å². The molecule has 1 amide bonds. The highest BCUT2D eigenvalue weighted by Gasteiger charge is 2.32. The predicted octanol–water partition coefficient (Wildman–Crippen LogP) is 3.13. The second-order valence-corrected chi connectivity index (χ2v) is 9.08. The van der Waals surface area contributed by atoms with Crippen molar-refractivity contribution in [3.05, 3.63) is 54.1 Å². The van der Waals surface area contributed by atoms with Crippen LogP contribution in [0.1, 0.15) is 25.8 Å². The highest BCUT2D eigenvalue weighted by molar-refractivity contribution is 7.92. The summed E-state index contributed by atoms with van der Waals surface area (Å²) in [6.07, 6.45) is 1.44. The number of sulfonamides is 1. The molecule has 0 heterocycles. The number of amides is 1. The number of carbonyl (C=O) groups is 1. The van der Waals surface area contributed by atoms with Gasteiger partial charge in [-0.3, -0.25) is 9.10 Å². The van der Waals surface area contributed by atoms with E-state index >= 15 is 0 Å². The van der Waals surface area contributed by atoms with E-state index in [1.807, 2.05) is 19.9 Å². The Labute approximate surface area is 179 Å². The summed E-state index contributed by atoms with van der Waals surface area (Å²) in [7, 11) is -2.07. The van der Waals surface area contributed by atoms with Crippen molar-refractivity contribution in [1.29, 1.82) is 0 Å². The lowest BCUT2D eigenvalue weighted by Crippen LogP contribution is -2.52. The first-order valence-corrected chi connectivity index (χ1v) is 11.6. The van der Waals surface area contributed by atoms with Gasteiger partial charge in [-0.1, -0.05) is 19.1 Å². The van der Waals surface area contributed by atoms with Crippen LogP contribution in [0.5, 0.6) is 11.5 Å². The minimum Gasteiger partial charge on any atom is -0.497 e. The average molecular weight is 435 g/mol. The second-order valence-electron chi connectivity index (χ2n) is 7.22. The number of nitrogens with zero attached hydrogens (tertiary/aromatic N) is 1. The van der Waals surface area contributed by atoms with Crippen LogP contribution in [-0.2, 0) is 14.8 Å². The lowest BCUT2D eigenvalue weighted by Gasteiger charge is -2.31. The van der Waals surface area contributed by atoms with Crippen LogP contribution in [0.4, 0.5) is 5.69 Å². The Morgan fingerprint density at radius 3 is 2.30 bits per heavy atom. The number of benzene rings is 2. The van der Waals surface area contributed by atoms with Crippen molar-refractivity contribution in [3.63, 3.8) is 0 Å². The second kappa shape index (κ2) is 10.3. The Balaban J connectivity index is 2.08. The van der Waals surface area contributed by atoms with Crippen LogP contribution in [0, 0.1) is 6.92 Å². The van der Waals surface area contributed by atoms with E-state index in [0.717, 1.165) is 17.6 Å². The van der Waals surface area contributed by atoms with Crippen LogP contribution in [0.25, 0.3) is 0 Å². The van der Waals surface area contributed by atoms with E-state index in [4.69, 9.17) is 9.47 Å². The quantitative estimate of drug-likeness (QED) is 0.621. The molecule has 0 saturated carbocycles. The average Bonchev–Trinajstić information content (AvgIpc) is 2.69. The number of carbonyl (C=O) groups excluding carboxylic acids is 1.